The van der Waals surface area contributed by atoms with Gasteiger partial charge < -0.3 is 51.1 Å². The van der Waals surface area contributed by atoms with Crippen LogP contribution in [0.15, 0.2) is 24.3 Å². The van der Waals surface area contributed by atoms with Crippen LogP contribution in [0.25, 0.3) is 0 Å². The Labute approximate surface area is 323 Å². The Morgan fingerprint density at radius 1 is 0.625 bits per heavy atom. The number of benzene rings is 1. The molecule has 1 fully saturated rings. The molecule has 7 N–H and O–H groups in total. The van der Waals surface area contributed by atoms with E-state index < -0.39 is 111 Å². The number of nitrogens with one attached hydrogen (secondary N) is 1. The van der Waals surface area contributed by atoms with Crippen molar-refractivity contribution in [1.82, 2.24) is 24.9 Å². The lowest BCUT2D eigenvalue weighted by atomic mass is 9.81. The first-order valence-electron chi connectivity index (χ1n) is 18.0. The molecule has 20 heteroatoms. The van der Waals surface area contributed by atoms with Crippen molar-refractivity contribution in [1.29, 1.82) is 0 Å². The molecular weight excluding hydrogens is 740 g/mol. The molecule has 0 saturated heterocycles. The number of carbonyl (C=O) groups is 10. The van der Waals surface area contributed by atoms with Crippen molar-refractivity contribution in [3.8, 4) is 0 Å². The van der Waals surface area contributed by atoms with Gasteiger partial charge in [-0.25, -0.2) is 0 Å². The smallest absolute Gasteiger partial charge is 0.323 e. The molecule has 20 nitrogen and oxygen atoms in total. The van der Waals surface area contributed by atoms with E-state index in [-0.39, 0.29) is 51.1 Å². The SMILES string of the molecule is CC.Cc1cccc(C(=O)NCCCCN(CC(=O)O)C(=O)CN(CC(=O)O)C(=O)CN(CC(=O)O)C(=O)CN(CC(=O)O)C(=O)C2CCC(C(N)=O)CC2)c1. The second-order valence-corrected chi connectivity index (χ2v) is 12.9. The normalized spacial score (nSPS) is 14.5. The minimum absolute atomic E-state index is 0.151. The van der Waals surface area contributed by atoms with E-state index in [0.29, 0.717) is 26.7 Å². The van der Waals surface area contributed by atoms with Gasteiger partial charge in [0.05, 0.1) is 0 Å². The van der Waals surface area contributed by atoms with Crippen LogP contribution in [0.2, 0.25) is 0 Å². The maximum absolute atomic E-state index is 13.3. The summed E-state index contributed by atoms with van der Waals surface area (Å²) < 4.78 is 0. The Kier molecular flexibility index (Phi) is 20.8. The molecule has 1 aliphatic carbocycles. The van der Waals surface area contributed by atoms with Crippen LogP contribution >= 0.6 is 0 Å². The number of rotatable bonds is 22. The lowest BCUT2D eigenvalue weighted by Crippen LogP contribution is -2.53. The summed E-state index contributed by atoms with van der Waals surface area (Å²) in [6, 6.07) is 6.88. The Bertz CT molecular complexity index is 1590. The fourth-order valence-corrected chi connectivity index (χ4v) is 5.81. The number of unbranched alkanes of at least 4 members (excludes halogenated alkanes) is 1. The molecule has 310 valence electrons. The topological polar surface area (TPSA) is 303 Å². The van der Waals surface area contributed by atoms with E-state index in [1.807, 2.05) is 26.8 Å². The number of aryl methyl sites for hydroxylation is 1. The van der Waals surface area contributed by atoms with Crippen LogP contribution in [0.5, 0.6) is 0 Å². The van der Waals surface area contributed by atoms with Crippen LogP contribution in [0.1, 0.15) is 68.3 Å². The summed E-state index contributed by atoms with van der Waals surface area (Å²) in [6.07, 6.45) is 1.40. The first-order valence-corrected chi connectivity index (χ1v) is 18.0. The van der Waals surface area contributed by atoms with E-state index in [4.69, 9.17) is 5.73 Å². The van der Waals surface area contributed by atoms with E-state index >= 15 is 0 Å². The van der Waals surface area contributed by atoms with Gasteiger partial charge >= 0.3 is 23.9 Å². The number of primary amides is 1. The molecule has 0 radical (unpaired) electrons. The van der Waals surface area contributed by atoms with Crippen LogP contribution in [-0.4, -0.2) is 158 Å². The van der Waals surface area contributed by atoms with Gasteiger partial charge in [0.25, 0.3) is 5.91 Å². The molecule has 0 aromatic heterocycles. The fraction of sp³-hybridized carbons (Fsp3) is 0.556. The Morgan fingerprint density at radius 2 is 1.05 bits per heavy atom. The van der Waals surface area contributed by atoms with E-state index in [2.05, 4.69) is 5.32 Å². The highest BCUT2D eigenvalue weighted by Gasteiger charge is 2.35. The zero-order chi connectivity index (χ0) is 42.5. The Hall–Kier alpha value is -6.08. The molecule has 0 bridgehead atoms. The van der Waals surface area contributed by atoms with E-state index in [9.17, 15) is 68.4 Å². The summed E-state index contributed by atoms with van der Waals surface area (Å²) in [7, 11) is 0. The highest BCUT2D eigenvalue weighted by atomic mass is 16.4. The summed E-state index contributed by atoms with van der Waals surface area (Å²) in [5.41, 5.74) is 6.65. The lowest BCUT2D eigenvalue weighted by molar-refractivity contribution is -0.155. The van der Waals surface area contributed by atoms with Crippen LogP contribution in [0.3, 0.4) is 0 Å². The summed E-state index contributed by atoms with van der Waals surface area (Å²) in [5, 5.41) is 40.4. The number of nitrogens with zero attached hydrogens (tertiary/aromatic N) is 4. The van der Waals surface area contributed by atoms with Gasteiger partial charge in [-0.3, -0.25) is 47.9 Å². The Balaban J connectivity index is 0.00000771. The first-order chi connectivity index (χ1) is 26.4. The molecule has 1 aromatic carbocycles. The largest absolute Gasteiger partial charge is 0.480 e. The summed E-state index contributed by atoms with van der Waals surface area (Å²) in [4.78, 5) is 126. The van der Waals surface area contributed by atoms with Crippen molar-refractivity contribution < 1.29 is 68.4 Å². The molecule has 1 aromatic rings. The summed E-state index contributed by atoms with van der Waals surface area (Å²) >= 11 is 0. The number of hydrogen-bond donors (Lipinski definition) is 6. The van der Waals surface area contributed by atoms with E-state index in [1.165, 1.54) is 0 Å². The maximum atomic E-state index is 13.3. The first kappa shape index (κ1) is 47.9. The van der Waals surface area contributed by atoms with Crippen molar-refractivity contribution in [2.75, 3.05) is 58.9 Å². The summed E-state index contributed by atoms with van der Waals surface area (Å²) in [5.74, 6) is -12.3. The van der Waals surface area contributed by atoms with Crippen molar-refractivity contribution in [3.63, 3.8) is 0 Å². The molecule has 2 rings (SSSR count). The molecule has 56 heavy (non-hydrogen) atoms. The molecule has 0 spiro atoms. The third-order valence-electron chi connectivity index (χ3n) is 8.55. The number of carbonyl (C=O) groups excluding carboxylic acids is 6. The predicted molar refractivity (Wildman–Crippen MR) is 196 cm³/mol. The van der Waals surface area contributed by atoms with Gasteiger partial charge in [-0.2, -0.15) is 0 Å². The van der Waals surface area contributed by atoms with Gasteiger partial charge in [-0.15, -0.1) is 0 Å². The van der Waals surface area contributed by atoms with Gasteiger partial charge in [0, 0.05) is 30.5 Å². The summed E-state index contributed by atoms with van der Waals surface area (Å²) in [6.45, 7) is -1.14. The van der Waals surface area contributed by atoms with Crippen molar-refractivity contribution in [2.24, 2.45) is 17.6 Å². The maximum Gasteiger partial charge on any atom is 0.323 e. The average molecular weight is 793 g/mol. The minimum Gasteiger partial charge on any atom is -0.480 e. The average Bonchev–Trinajstić information content (AvgIpc) is 3.13. The van der Waals surface area contributed by atoms with Crippen molar-refractivity contribution in [2.45, 2.75) is 59.3 Å². The quantitative estimate of drug-likeness (QED) is 0.0806. The van der Waals surface area contributed by atoms with E-state index in [1.54, 1.807) is 18.2 Å². The fourth-order valence-electron chi connectivity index (χ4n) is 5.81. The zero-order valence-corrected chi connectivity index (χ0v) is 31.8. The van der Waals surface area contributed by atoms with Crippen molar-refractivity contribution >= 4 is 59.3 Å². The molecule has 0 aliphatic heterocycles. The number of carboxylic acid groups (broad SMARTS) is 4. The van der Waals surface area contributed by atoms with Gasteiger partial charge in [0.2, 0.25) is 29.5 Å². The van der Waals surface area contributed by atoms with Crippen LogP contribution in [-0.2, 0) is 43.2 Å². The monoisotopic (exact) mass is 792 g/mol. The zero-order valence-electron chi connectivity index (χ0n) is 31.8. The highest BCUT2D eigenvalue weighted by molar-refractivity contribution is 5.95. The second-order valence-electron chi connectivity index (χ2n) is 12.9. The third-order valence-corrected chi connectivity index (χ3v) is 8.55. The van der Waals surface area contributed by atoms with Crippen LogP contribution in [0, 0.1) is 18.8 Å². The Morgan fingerprint density at radius 3 is 1.52 bits per heavy atom. The molecule has 0 unspecified atom stereocenters. The number of carboxylic acids is 4. The van der Waals surface area contributed by atoms with Crippen molar-refractivity contribution in [3.05, 3.63) is 35.4 Å². The predicted octanol–water partition coefficient (Wildman–Crippen LogP) is -0.524. The van der Waals surface area contributed by atoms with Gasteiger partial charge in [-0.1, -0.05) is 31.5 Å². The van der Waals surface area contributed by atoms with Gasteiger partial charge in [0.1, 0.15) is 45.8 Å². The number of aliphatic carboxylic acids is 4. The van der Waals surface area contributed by atoms with Gasteiger partial charge in [0.15, 0.2) is 0 Å². The number of nitrogens with two attached hydrogens (primary N) is 1. The lowest BCUT2D eigenvalue weighted by Gasteiger charge is -2.32. The molecule has 1 aliphatic rings. The van der Waals surface area contributed by atoms with Gasteiger partial charge in [-0.05, 0) is 57.6 Å². The minimum atomic E-state index is -1.61. The molecule has 6 amide bonds. The number of hydrogen-bond acceptors (Lipinski definition) is 10. The third kappa shape index (κ3) is 17.4. The van der Waals surface area contributed by atoms with Crippen LogP contribution < -0.4 is 11.1 Å². The van der Waals surface area contributed by atoms with E-state index in [0.717, 1.165) is 10.5 Å². The molecule has 0 heterocycles. The number of amides is 6. The molecular formula is C36H52N6O14. The van der Waals surface area contributed by atoms with Crippen LogP contribution in [0.4, 0.5) is 0 Å². The molecule has 0 atom stereocenters. The highest BCUT2D eigenvalue weighted by Crippen LogP contribution is 2.30. The molecule has 1 saturated carbocycles. The standard InChI is InChI=1S/C34H46N6O14.C2H6/c1-21-5-4-6-24(13-21)33(53)36-11-2-3-12-37(17-28(44)45)25(41)14-38(18-29(46)47)26(42)15-39(19-30(48)49)27(43)16-40(20-31(50)51)34(54)23-9-7-22(8-10-23)32(35)52;1-2/h4-6,13,22-23H,2-3,7-12,14-20H2,1H3,(H2,35,52)(H,36,53)(H,44,45)(H,46,47)(H,48,49)(H,50,51);1-2H3. The second kappa shape index (κ2) is 24.4.